The summed E-state index contributed by atoms with van der Waals surface area (Å²) in [5, 5.41) is 0. The van der Waals surface area contributed by atoms with E-state index in [-0.39, 0.29) is 11.0 Å². The lowest BCUT2D eigenvalue weighted by atomic mass is 10.3. The van der Waals surface area contributed by atoms with Gasteiger partial charge in [0.15, 0.2) is 5.69 Å². The predicted octanol–water partition coefficient (Wildman–Crippen LogP) is 2.00. The summed E-state index contributed by atoms with van der Waals surface area (Å²) in [5.41, 5.74) is -1.62. The Morgan fingerprint density at radius 3 is 2.73 bits per heavy atom. The van der Waals surface area contributed by atoms with Crippen LogP contribution in [0.3, 0.4) is 0 Å². The first-order chi connectivity index (χ1) is 7.08. The molecule has 0 fully saturated rings. The van der Waals surface area contributed by atoms with Crippen molar-refractivity contribution in [3.8, 4) is 0 Å². The topological polar surface area (TPSA) is 45.8 Å². The SMILES string of the molecule is O=c1[nH]c2ccc(F)cc2nc1C(F)F. The molecule has 3 nitrogen and oxygen atoms in total. The number of hydrogen-bond donors (Lipinski definition) is 1. The van der Waals surface area contributed by atoms with Gasteiger partial charge in [0.25, 0.3) is 12.0 Å². The summed E-state index contributed by atoms with van der Waals surface area (Å²) in [5.74, 6) is -0.595. The van der Waals surface area contributed by atoms with Crippen molar-refractivity contribution in [1.82, 2.24) is 9.97 Å². The minimum Gasteiger partial charge on any atom is -0.319 e. The van der Waals surface area contributed by atoms with Gasteiger partial charge in [-0.1, -0.05) is 0 Å². The minimum absolute atomic E-state index is 0.00454. The van der Waals surface area contributed by atoms with E-state index in [9.17, 15) is 18.0 Å². The third kappa shape index (κ3) is 1.70. The standard InChI is InChI=1S/C9H5F3N2O/c10-4-1-2-5-6(3-4)13-7(8(11)12)9(15)14-5/h1-3,8H,(H,14,15). The zero-order chi connectivity index (χ0) is 11.0. The van der Waals surface area contributed by atoms with Crippen molar-refractivity contribution in [2.24, 2.45) is 0 Å². The molecule has 6 heteroatoms. The highest BCUT2D eigenvalue weighted by Crippen LogP contribution is 2.15. The van der Waals surface area contributed by atoms with Gasteiger partial charge < -0.3 is 4.98 Å². The summed E-state index contributed by atoms with van der Waals surface area (Å²) < 4.78 is 37.3. The lowest BCUT2D eigenvalue weighted by Gasteiger charge is -2.00. The Labute approximate surface area is 81.6 Å². The second-order valence-corrected chi connectivity index (χ2v) is 2.91. The van der Waals surface area contributed by atoms with Gasteiger partial charge in [-0.3, -0.25) is 4.79 Å². The lowest BCUT2D eigenvalue weighted by Crippen LogP contribution is -2.15. The molecule has 0 aliphatic carbocycles. The lowest BCUT2D eigenvalue weighted by molar-refractivity contribution is 0.144. The van der Waals surface area contributed by atoms with Gasteiger partial charge in [-0.25, -0.2) is 18.2 Å². The van der Waals surface area contributed by atoms with Crippen LogP contribution in [-0.2, 0) is 0 Å². The van der Waals surface area contributed by atoms with E-state index in [1.807, 2.05) is 0 Å². The zero-order valence-corrected chi connectivity index (χ0v) is 7.30. The van der Waals surface area contributed by atoms with Crippen LogP contribution < -0.4 is 5.56 Å². The van der Waals surface area contributed by atoms with Crippen LogP contribution in [0.1, 0.15) is 12.1 Å². The highest BCUT2D eigenvalue weighted by Gasteiger charge is 2.14. The predicted molar refractivity (Wildman–Crippen MR) is 47.3 cm³/mol. The molecule has 1 heterocycles. The molecule has 0 bridgehead atoms. The number of halogens is 3. The second kappa shape index (κ2) is 3.38. The Morgan fingerprint density at radius 1 is 1.33 bits per heavy atom. The average molecular weight is 214 g/mol. The van der Waals surface area contributed by atoms with Crippen molar-refractivity contribution >= 4 is 11.0 Å². The fraction of sp³-hybridized carbons (Fsp3) is 0.111. The fourth-order valence-electron chi connectivity index (χ4n) is 1.22. The maximum Gasteiger partial charge on any atom is 0.285 e. The fourth-order valence-corrected chi connectivity index (χ4v) is 1.22. The number of fused-ring (bicyclic) bond motifs is 1. The molecule has 0 saturated carbocycles. The quantitative estimate of drug-likeness (QED) is 0.789. The first-order valence-electron chi connectivity index (χ1n) is 4.05. The Balaban J connectivity index is 2.77. The Kier molecular flexibility index (Phi) is 2.18. The maximum atomic E-state index is 12.8. The molecule has 0 atom stereocenters. The van der Waals surface area contributed by atoms with Crippen LogP contribution in [0.2, 0.25) is 0 Å². The molecule has 0 unspecified atom stereocenters. The third-order valence-electron chi connectivity index (χ3n) is 1.89. The number of hydrogen-bond acceptors (Lipinski definition) is 2. The van der Waals surface area contributed by atoms with Crippen LogP contribution in [0.15, 0.2) is 23.0 Å². The van der Waals surface area contributed by atoms with Gasteiger partial charge in [0.2, 0.25) is 0 Å². The van der Waals surface area contributed by atoms with E-state index >= 15 is 0 Å². The molecule has 78 valence electrons. The Morgan fingerprint density at radius 2 is 2.07 bits per heavy atom. The number of nitrogens with one attached hydrogen (secondary N) is 1. The van der Waals surface area contributed by atoms with E-state index in [2.05, 4.69) is 9.97 Å². The summed E-state index contributed by atoms with van der Waals surface area (Å²) in [6.45, 7) is 0. The third-order valence-corrected chi connectivity index (χ3v) is 1.89. The van der Waals surface area contributed by atoms with Gasteiger partial charge in [-0.2, -0.15) is 0 Å². The van der Waals surface area contributed by atoms with Crippen LogP contribution >= 0.6 is 0 Å². The van der Waals surface area contributed by atoms with Crippen molar-refractivity contribution in [1.29, 1.82) is 0 Å². The highest BCUT2D eigenvalue weighted by atomic mass is 19.3. The van der Waals surface area contributed by atoms with Crippen molar-refractivity contribution in [2.75, 3.05) is 0 Å². The van der Waals surface area contributed by atoms with E-state index in [1.165, 1.54) is 6.07 Å². The number of rotatable bonds is 1. The minimum atomic E-state index is -2.97. The molecule has 0 aliphatic rings. The van der Waals surface area contributed by atoms with Crippen molar-refractivity contribution in [3.05, 3.63) is 40.1 Å². The van der Waals surface area contributed by atoms with Gasteiger partial charge >= 0.3 is 0 Å². The number of benzene rings is 1. The number of H-pyrrole nitrogens is 1. The first kappa shape index (κ1) is 9.70. The van der Waals surface area contributed by atoms with Crippen molar-refractivity contribution in [3.63, 3.8) is 0 Å². The van der Waals surface area contributed by atoms with Crippen molar-refractivity contribution in [2.45, 2.75) is 6.43 Å². The highest BCUT2D eigenvalue weighted by molar-refractivity contribution is 5.73. The van der Waals surface area contributed by atoms with Crippen LogP contribution in [0.4, 0.5) is 13.2 Å². The maximum absolute atomic E-state index is 12.8. The zero-order valence-electron chi connectivity index (χ0n) is 7.30. The normalized spacial score (nSPS) is 11.2. The van der Waals surface area contributed by atoms with Crippen molar-refractivity contribution < 1.29 is 13.2 Å². The smallest absolute Gasteiger partial charge is 0.285 e. The van der Waals surface area contributed by atoms with Gasteiger partial charge in [-0.05, 0) is 12.1 Å². The van der Waals surface area contributed by atoms with E-state index in [1.54, 1.807) is 0 Å². The van der Waals surface area contributed by atoms with Crippen LogP contribution in [0.25, 0.3) is 11.0 Å². The molecule has 0 amide bonds. The van der Waals surface area contributed by atoms with E-state index in [0.29, 0.717) is 0 Å². The first-order valence-corrected chi connectivity index (χ1v) is 4.05. The van der Waals surface area contributed by atoms with Gasteiger partial charge in [-0.15, -0.1) is 0 Å². The van der Waals surface area contributed by atoms with E-state index in [4.69, 9.17) is 0 Å². The van der Waals surface area contributed by atoms with Gasteiger partial charge in [0.05, 0.1) is 11.0 Å². The summed E-state index contributed by atoms with van der Waals surface area (Å²) in [6.07, 6.45) is -2.97. The number of nitrogens with zero attached hydrogens (tertiary/aromatic N) is 1. The molecule has 2 aromatic rings. The average Bonchev–Trinajstić information content (AvgIpc) is 2.17. The molecule has 0 radical (unpaired) electrons. The molecule has 1 N–H and O–H groups in total. The largest absolute Gasteiger partial charge is 0.319 e. The molecule has 1 aromatic heterocycles. The molecule has 2 rings (SSSR count). The molecular formula is C9H5F3N2O. The molecule has 15 heavy (non-hydrogen) atoms. The Bertz CT molecular complexity index is 565. The molecular weight excluding hydrogens is 209 g/mol. The van der Waals surface area contributed by atoms with E-state index < -0.39 is 23.5 Å². The van der Waals surface area contributed by atoms with E-state index in [0.717, 1.165) is 12.1 Å². The molecule has 0 saturated heterocycles. The van der Waals surface area contributed by atoms with Crippen LogP contribution in [0.5, 0.6) is 0 Å². The van der Waals surface area contributed by atoms with Gasteiger partial charge in [0, 0.05) is 6.07 Å². The summed E-state index contributed by atoms with van der Waals surface area (Å²) >= 11 is 0. The number of aromatic nitrogens is 2. The summed E-state index contributed by atoms with van der Waals surface area (Å²) in [6, 6.07) is 3.37. The summed E-state index contributed by atoms with van der Waals surface area (Å²) in [7, 11) is 0. The molecule has 0 spiro atoms. The van der Waals surface area contributed by atoms with Gasteiger partial charge in [0.1, 0.15) is 5.82 Å². The number of aromatic amines is 1. The van der Waals surface area contributed by atoms with Crippen LogP contribution in [0, 0.1) is 5.82 Å². The monoisotopic (exact) mass is 214 g/mol. The molecule has 1 aromatic carbocycles. The summed E-state index contributed by atoms with van der Waals surface area (Å²) in [4.78, 5) is 16.7. The Hall–Kier alpha value is -1.85. The second-order valence-electron chi connectivity index (χ2n) is 2.91. The molecule has 0 aliphatic heterocycles. The number of alkyl halides is 2. The van der Waals surface area contributed by atoms with Crippen LogP contribution in [-0.4, -0.2) is 9.97 Å².